The fourth-order valence-electron chi connectivity index (χ4n) is 2.35. The van der Waals surface area contributed by atoms with Gasteiger partial charge in [0.25, 0.3) is 5.91 Å². The molecule has 0 radical (unpaired) electrons. The number of amides is 1. The Morgan fingerprint density at radius 1 is 1.35 bits per heavy atom. The number of nitrogens with zero attached hydrogens (tertiary/aromatic N) is 1. The molecule has 0 atom stereocenters. The number of aromatic nitrogens is 1. The number of benzene rings is 2. The molecule has 1 amide bonds. The number of aromatic hydroxyl groups is 1. The topological polar surface area (TPSA) is 62.2 Å². The first-order chi connectivity index (χ1) is 11.0. The summed E-state index contributed by atoms with van der Waals surface area (Å²) >= 11 is 7.42. The molecule has 0 fully saturated rings. The zero-order chi connectivity index (χ0) is 16.6. The molecule has 3 aromatic rings. The SMILES string of the molecule is CCc1cc(Cl)cc(C(=O)Nc2nc3ccc(C)cc3s2)c1O. The molecule has 0 spiro atoms. The van der Waals surface area contributed by atoms with Crippen LogP contribution in [-0.2, 0) is 6.42 Å². The van der Waals surface area contributed by atoms with Crippen LogP contribution in [0, 0.1) is 6.92 Å². The van der Waals surface area contributed by atoms with Gasteiger partial charge in [0, 0.05) is 5.02 Å². The van der Waals surface area contributed by atoms with Gasteiger partial charge >= 0.3 is 0 Å². The fourth-order valence-corrected chi connectivity index (χ4v) is 3.55. The smallest absolute Gasteiger partial charge is 0.261 e. The molecular formula is C17H15ClN2O2S. The summed E-state index contributed by atoms with van der Waals surface area (Å²) in [6.07, 6.45) is 0.590. The van der Waals surface area contributed by atoms with Crippen LogP contribution in [0.15, 0.2) is 30.3 Å². The predicted octanol–water partition coefficient (Wildman–Crippen LogP) is 4.78. The first-order valence-electron chi connectivity index (χ1n) is 7.18. The van der Waals surface area contributed by atoms with Crippen molar-refractivity contribution in [1.29, 1.82) is 0 Å². The largest absolute Gasteiger partial charge is 0.507 e. The number of aryl methyl sites for hydroxylation is 2. The van der Waals surface area contributed by atoms with Crippen LogP contribution in [0.25, 0.3) is 10.2 Å². The van der Waals surface area contributed by atoms with Gasteiger partial charge in [-0.3, -0.25) is 10.1 Å². The van der Waals surface area contributed by atoms with Crippen LogP contribution >= 0.6 is 22.9 Å². The minimum absolute atomic E-state index is 0.0358. The number of hydrogen-bond acceptors (Lipinski definition) is 4. The Bertz CT molecular complexity index is 905. The molecule has 0 aliphatic heterocycles. The van der Waals surface area contributed by atoms with Crippen molar-refractivity contribution in [2.45, 2.75) is 20.3 Å². The van der Waals surface area contributed by atoms with Gasteiger partial charge in [-0.15, -0.1) is 0 Å². The van der Waals surface area contributed by atoms with Crippen LogP contribution < -0.4 is 5.32 Å². The van der Waals surface area contributed by atoms with Gasteiger partial charge in [-0.1, -0.05) is 35.9 Å². The molecule has 0 bridgehead atoms. The van der Waals surface area contributed by atoms with Crippen LogP contribution in [0.3, 0.4) is 0 Å². The summed E-state index contributed by atoms with van der Waals surface area (Å²) in [5.74, 6) is -0.457. The molecule has 0 aliphatic rings. The minimum atomic E-state index is -0.421. The Labute approximate surface area is 142 Å². The zero-order valence-corrected chi connectivity index (χ0v) is 14.3. The summed E-state index contributed by atoms with van der Waals surface area (Å²) in [6, 6.07) is 9.04. The molecule has 2 aromatic carbocycles. The Hall–Kier alpha value is -2.11. The number of halogens is 1. The van der Waals surface area contributed by atoms with E-state index >= 15 is 0 Å². The maximum absolute atomic E-state index is 12.4. The van der Waals surface area contributed by atoms with Gasteiger partial charge in [-0.25, -0.2) is 4.98 Å². The van der Waals surface area contributed by atoms with Crippen molar-refractivity contribution in [2.24, 2.45) is 0 Å². The van der Waals surface area contributed by atoms with Crippen molar-refractivity contribution in [3.63, 3.8) is 0 Å². The maximum Gasteiger partial charge on any atom is 0.261 e. The van der Waals surface area contributed by atoms with Crippen molar-refractivity contribution < 1.29 is 9.90 Å². The first-order valence-corrected chi connectivity index (χ1v) is 8.37. The molecule has 118 valence electrons. The maximum atomic E-state index is 12.4. The molecule has 1 heterocycles. The van der Waals surface area contributed by atoms with E-state index in [2.05, 4.69) is 10.3 Å². The highest BCUT2D eigenvalue weighted by Crippen LogP contribution is 2.30. The lowest BCUT2D eigenvalue weighted by Crippen LogP contribution is -2.12. The lowest BCUT2D eigenvalue weighted by molar-refractivity contribution is 0.102. The normalized spacial score (nSPS) is 10.9. The molecule has 0 saturated heterocycles. The third-order valence-electron chi connectivity index (χ3n) is 3.54. The van der Waals surface area contributed by atoms with Gasteiger partial charge in [-0.05, 0) is 48.7 Å². The predicted molar refractivity (Wildman–Crippen MR) is 94.8 cm³/mol. The number of phenols is 1. The Morgan fingerprint density at radius 2 is 2.13 bits per heavy atom. The van der Waals surface area contributed by atoms with Crippen LogP contribution in [-0.4, -0.2) is 16.0 Å². The number of fused-ring (bicyclic) bond motifs is 1. The third kappa shape index (κ3) is 3.16. The van der Waals surface area contributed by atoms with Crippen LogP contribution in [0.4, 0.5) is 5.13 Å². The average Bonchev–Trinajstić information content (AvgIpc) is 2.90. The molecule has 2 N–H and O–H groups in total. The van der Waals surface area contributed by atoms with Gasteiger partial charge < -0.3 is 5.11 Å². The molecule has 4 nitrogen and oxygen atoms in total. The van der Waals surface area contributed by atoms with E-state index in [1.54, 1.807) is 6.07 Å². The zero-order valence-electron chi connectivity index (χ0n) is 12.7. The number of carbonyl (C=O) groups excluding carboxylic acids is 1. The first kappa shape index (κ1) is 15.8. The van der Waals surface area contributed by atoms with Crippen molar-refractivity contribution in [3.8, 4) is 5.75 Å². The second-order valence-corrected chi connectivity index (χ2v) is 6.73. The lowest BCUT2D eigenvalue weighted by atomic mass is 10.1. The summed E-state index contributed by atoms with van der Waals surface area (Å²) in [4.78, 5) is 16.8. The number of anilines is 1. The minimum Gasteiger partial charge on any atom is -0.507 e. The molecule has 6 heteroatoms. The van der Waals surface area contributed by atoms with Crippen molar-refractivity contribution in [3.05, 3.63) is 52.0 Å². The summed E-state index contributed by atoms with van der Waals surface area (Å²) in [5, 5.41) is 13.9. The van der Waals surface area contributed by atoms with Gasteiger partial charge in [-0.2, -0.15) is 0 Å². The summed E-state index contributed by atoms with van der Waals surface area (Å²) in [5.41, 5.74) is 2.77. The number of carbonyl (C=O) groups is 1. The molecule has 1 aromatic heterocycles. The highest BCUT2D eigenvalue weighted by atomic mass is 35.5. The van der Waals surface area contributed by atoms with E-state index in [-0.39, 0.29) is 11.3 Å². The Kier molecular flexibility index (Phi) is 4.24. The van der Waals surface area contributed by atoms with E-state index in [1.165, 1.54) is 17.4 Å². The van der Waals surface area contributed by atoms with E-state index in [4.69, 9.17) is 11.6 Å². The second kappa shape index (κ2) is 6.18. The van der Waals surface area contributed by atoms with Crippen LogP contribution in [0.5, 0.6) is 5.75 Å². The molecule has 0 aliphatic carbocycles. The number of hydrogen-bond donors (Lipinski definition) is 2. The summed E-state index contributed by atoms with van der Waals surface area (Å²) in [6.45, 7) is 3.90. The van der Waals surface area contributed by atoms with E-state index in [0.717, 1.165) is 15.8 Å². The van der Waals surface area contributed by atoms with Gasteiger partial charge in [0.05, 0.1) is 15.8 Å². The lowest BCUT2D eigenvalue weighted by Gasteiger charge is -2.09. The standard InChI is InChI=1S/C17H15ClN2O2S/c1-3-10-7-11(18)8-12(15(10)21)16(22)20-17-19-13-5-4-9(2)6-14(13)23-17/h4-8,21H,3H2,1-2H3,(H,19,20,22). The van der Waals surface area contributed by atoms with Gasteiger partial charge in [0.1, 0.15) is 5.75 Å². The van der Waals surface area contributed by atoms with Crippen molar-refractivity contribution in [1.82, 2.24) is 4.98 Å². The van der Waals surface area contributed by atoms with Gasteiger partial charge in [0.15, 0.2) is 5.13 Å². The quantitative estimate of drug-likeness (QED) is 0.717. The Morgan fingerprint density at radius 3 is 2.87 bits per heavy atom. The molecule has 23 heavy (non-hydrogen) atoms. The number of rotatable bonds is 3. The summed E-state index contributed by atoms with van der Waals surface area (Å²) < 4.78 is 1.00. The van der Waals surface area contributed by atoms with E-state index in [9.17, 15) is 9.90 Å². The fraction of sp³-hybridized carbons (Fsp3) is 0.176. The average molecular weight is 347 g/mol. The number of nitrogens with one attached hydrogen (secondary N) is 1. The second-order valence-electron chi connectivity index (χ2n) is 5.26. The highest BCUT2D eigenvalue weighted by Gasteiger charge is 2.17. The van der Waals surface area contributed by atoms with E-state index < -0.39 is 5.91 Å². The van der Waals surface area contributed by atoms with E-state index in [1.807, 2.05) is 32.0 Å². The molecule has 3 rings (SSSR count). The van der Waals surface area contributed by atoms with Crippen LogP contribution in [0.2, 0.25) is 5.02 Å². The van der Waals surface area contributed by atoms with Crippen LogP contribution in [0.1, 0.15) is 28.4 Å². The molecular weight excluding hydrogens is 332 g/mol. The monoisotopic (exact) mass is 346 g/mol. The molecule has 0 unspecified atom stereocenters. The van der Waals surface area contributed by atoms with Crippen molar-refractivity contribution in [2.75, 3.05) is 5.32 Å². The Balaban J connectivity index is 1.93. The van der Waals surface area contributed by atoms with Crippen molar-refractivity contribution >= 4 is 44.2 Å². The van der Waals surface area contributed by atoms with Gasteiger partial charge in [0.2, 0.25) is 0 Å². The molecule has 0 saturated carbocycles. The van der Waals surface area contributed by atoms with E-state index in [0.29, 0.717) is 22.1 Å². The third-order valence-corrected chi connectivity index (χ3v) is 4.70. The number of phenolic OH excluding ortho intramolecular Hbond substituents is 1. The summed E-state index contributed by atoms with van der Waals surface area (Å²) in [7, 11) is 0. The highest BCUT2D eigenvalue weighted by molar-refractivity contribution is 7.22. The number of thiazole rings is 1.